The van der Waals surface area contributed by atoms with Gasteiger partial charge in [0.15, 0.2) is 11.0 Å². The molecule has 3 rings (SSSR count). The van der Waals surface area contributed by atoms with Crippen LogP contribution in [0.25, 0.3) is 11.4 Å². The van der Waals surface area contributed by atoms with Gasteiger partial charge in [-0.3, -0.25) is 4.79 Å². The lowest BCUT2D eigenvalue weighted by Gasteiger charge is -2.09. The summed E-state index contributed by atoms with van der Waals surface area (Å²) < 4.78 is 16.1. The number of benzene rings is 2. The lowest BCUT2D eigenvalue weighted by molar-refractivity contribution is -0.118. The molecule has 1 N–H and O–H groups in total. The zero-order valence-electron chi connectivity index (χ0n) is 15.6. The van der Waals surface area contributed by atoms with Crippen molar-refractivity contribution in [1.29, 1.82) is 0 Å². The Morgan fingerprint density at radius 3 is 2.75 bits per heavy atom. The van der Waals surface area contributed by atoms with Crippen LogP contribution < -0.4 is 5.32 Å². The van der Waals surface area contributed by atoms with Crippen molar-refractivity contribution in [1.82, 2.24) is 20.1 Å². The fourth-order valence-electron chi connectivity index (χ4n) is 2.80. The molecule has 1 aromatic heterocycles. The molecule has 0 unspecified atom stereocenters. The Hall–Kier alpha value is -2.19. The number of carbonyl (C=O) groups excluding carboxylic acids is 1. The van der Waals surface area contributed by atoms with Crippen LogP contribution in [0.15, 0.2) is 52.1 Å². The first-order valence-electron chi connectivity index (χ1n) is 8.81. The first-order valence-corrected chi connectivity index (χ1v) is 10.6. The van der Waals surface area contributed by atoms with Crippen molar-refractivity contribution in [3.63, 3.8) is 0 Å². The van der Waals surface area contributed by atoms with Crippen molar-refractivity contribution in [3.05, 3.63) is 63.9 Å². The van der Waals surface area contributed by atoms with Crippen molar-refractivity contribution in [2.24, 2.45) is 0 Å². The quantitative estimate of drug-likeness (QED) is 0.521. The number of halogens is 2. The summed E-state index contributed by atoms with van der Waals surface area (Å²) in [5, 5.41) is 12.1. The summed E-state index contributed by atoms with van der Waals surface area (Å²) >= 11 is 4.59. The van der Waals surface area contributed by atoms with E-state index in [2.05, 4.69) is 31.4 Å². The van der Waals surface area contributed by atoms with E-state index in [1.54, 1.807) is 6.07 Å². The average Bonchev–Trinajstić information content (AvgIpc) is 3.07. The molecule has 1 amide bonds. The molecule has 8 heteroatoms. The van der Waals surface area contributed by atoms with E-state index in [0.29, 0.717) is 21.7 Å². The number of hydrogen-bond donors (Lipinski definition) is 1. The van der Waals surface area contributed by atoms with Crippen molar-refractivity contribution in [2.45, 2.75) is 32.1 Å². The fraction of sp³-hybridized carbons (Fsp3) is 0.250. The van der Waals surface area contributed by atoms with Crippen molar-refractivity contribution < 1.29 is 9.18 Å². The molecule has 5 nitrogen and oxygen atoms in total. The summed E-state index contributed by atoms with van der Waals surface area (Å²) in [5.74, 6) is 0.525. The molecule has 0 fully saturated rings. The number of nitrogens with one attached hydrogen (secondary N) is 1. The van der Waals surface area contributed by atoms with Crippen LogP contribution in [0, 0.1) is 12.7 Å². The molecule has 0 saturated carbocycles. The lowest BCUT2D eigenvalue weighted by Crippen LogP contribution is -2.24. The monoisotopic (exact) mass is 462 g/mol. The molecule has 0 bridgehead atoms. The summed E-state index contributed by atoms with van der Waals surface area (Å²) in [6.07, 6.45) is 0. The van der Waals surface area contributed by atoms with E-state index in [4.69, 9.17) is 0 Å². The summed E-state index contributed by atoms with van der Waals surface area (Å²) in [4.78, 5) is 12.2. The standard InChI is InChI=1S/C20H20BrFN4OS/c1-3-26-19(17-7-5-4-6-13(17)2)24-25-20(26)28-12-18(27)23-11-14-8-15(21)10-16(22)9-14/h4-10H,3,11-12H2,1-2H3,(H,23,27). The Labute approximate surface area is 175 Å². The molecule has 0 saturated heterocycles. The van der Waals surface area contributed by atoms with E-state index in [-0.39, 0.29) is 24.0 Å². The van der Waals surface area contributed by atoms with Gasteiger partial charge in [0.2, 0.25) is 5.91 Å². The molecule has 0 spiro atoms. The minimum absolute atomic E-state index is 0.145. The second kappa shape index (κ2) is 9.34. The Balaban J connectivity index is 1.63. The number of thioether (sulfide) groups is 1. The predicted molar refractivity (Wildman–Crippen MR) is 113 cm³/mol. The van der Waals surface area contributed by atoms with Crippen LogP contribution in [0.1, 0.15) is 18.1 Å². The van der Waals surface area contributed by atoms with Crippen LogP contribution >= 0.6 is 27.7 Å². The number of amides is 1. The lowest BCUT2D eigenvalue weighted by atomic mass is 10.1. The highest BCUT2D eigenvalue weighted by atomic mass is 79.9. The van der Waals surface area contributed by atoms with Gasteiger partial charge in [-0.15, -0.1) is 10.2 Å². The summed E-state index contributed by atoms with van der Waals surface area (Å²) in [5.41, 5.74) is 2.86. The third-order valence-corrected chi connectivity index (χ3v) is 5.59. The van der Waals surface area contributed by atoms with Gasteiger partial charge < -0.3 is 9.88 Å². The van der Waals surface area contributed by atoms with Gasteiger partial charge in [-0.05, 0) is 43.2 Å². The Morgan fingerprint density at radius 2 is 2.04 bits per heavy atom. The molecule has 0 aliphatic carbocycles. The highest BCUT2D eigenvalue weighted by molar-refractivity contribution is 9.10. The molecule has 0 aliphatic rings. The molecule has 1 heterocycles. The second-order valence-corrected chi connectivity index (χ2v) is 8.07. The minimum atomic E-state index is -0.340. The third-order valence-electron chi connectivity index (χ3n) is 4.16. The van der Waals surface area contributed by atoms with Crippen LogP contribution in [-0.2, 0) is 17.9 Å². The maximum atomic E-state index is 13.4. The van der Waals surface area contributed by atoms with E-state index in [0.717, 1.165) is 17.0 Å². The third kappa shape index (κ3) is 4.99. The molecular weight excluding hydrogens is 443 g/mol. The predicted octanol–water partition coefficient (Wildman–Crippen LogP) is 4.58. The van der Waals surface area contributed by atoms with Crippen LogP contribution in [0.5, 0.6) is 0 Å². The van der Waals surface area contributed by atoms with Gasteiger partial charge in [0.05, 0.1) is 5.75 Å². The van der Waals surface area contributed by atoms with E-state index < -0.39 is 0 Å². The molecule has 0 atom stereocenters. The molecular formula is C20H20BrFN4OS. The summed E-state index contributed by atoms with van der Waals surface area (Å²) in [7, 11) is 0. The van der Waals surface area contributed by atoms with E-state index in [1.165, 1.54) is 23.9 Å². The molecule has 3 aromatic rings. The molecule has 28 heavy (non-hydrogen) atoms. The van der Waals surface area contributed by atoms with Gasteiger partial charge in [0, 0.05) is 23.1 Å². The van der Waals surface area contributed by atoms with Gasteiger partial charge >= 0.3 is 0 Å². The topological polar surface area (TPSA) is 59.8 Å². The molecule has 0 radical (unpaired) electrons. The molecule has 146 valence electrons. The maximum Gasteiger partial charge on any atom is 0.230 e. The first-order chi connectivity index (χ1) is 13.5. The zero-order chi connectivity index (χ0) is 20.1. The van der Waals surface area contributed by atoms with Gasteiger partial charge in [0.25, 0.3) is 0 Å². The van der Waals surface area contributed by atoms with Gasteiger partial charge in [-0.2, -0.15) is 0 Å². The first kappa shape index (κ1) is 20.5. The van der Waals surface area contributed by atoms with Gasteiger partial charge in [0.1, 0.15) is 5.82 Å². The summed E-state index contributed by atoms with van der Waals surface area (Å²) in [6.45, 7) is 5.04. The minimum Gasteiger partial charge on any atom is -0.351 e. The normalized spacial score (nSPS) is 10.9. The SMILES string of the molecule is CCn1c(SCC(=O)NCc2cc(F)cc(Br)c2)nnc1-c1ccccc1C. The maximum absolute atomic E-state index is 13.4. The Morgan fingerprint density at radius 1 is 1.25 bits per heavy atom. The number of aromatic nitrogens is 3. The molecule has 2 aromatic carbocycles. The number of nitrogens with zero attached hydrogens (tertiary/aromatic N) is 3. The smallest absolute Gasteiger partial charge is 0.230 e. The number of rotatable bonds is 7. The van der Waals surface area contributed by atoms with Crippen LogP contribution in [0.4, 0.5) is 4.39 Å². The highest BCUT2D eigenvalue weighted by Gasteiger charge is 2.15. The second-order valence-electron chi connectivity index (χ2n) is 6.21. The molecule has 0 aliphatic heterocycles. The van der Waals surface area contributed by atoms with Gasteiger partial charge in [-0.25, -0.2) is 4.39 Å². The van der Waals surface area contributed by atoms with Crippen molar-refractivity contribution in [2.75, 3.05) is 5.75 Å². The van der Waals surface area contributed by atoms with Crippen molar-refractivity contribution in [3.8, 4) is 11.4 Å². The number of aryl methyl sites for hydroxylation is 1. The van der Waals surface area contributed by atoms with E-state index >= 15 is 0 Å². The van der Waals surface area contributed by atoms with Crippen LogP contribution in [-0.4, -0.2) is 26.4 Å². The fourth-order valence-corrected chi connectivity index (χ4v) is 4.14. The Bertz CT molecular complexity index is 972. The van der Waals surface area contributed by atoms with Gasteiger partial charge in [-0.1, -0.05) is 52.0 Å². The number of carbonyl (C=O) groups is 1. The van der Waals surface area contributed by atoms with Crippen LogP contribution in [0.2, 0.25) is 0 Å². The summed E-state index contributed by atoms with van der Waals surface area (Å²) in [6, 6.07) is 12.6. The highest BCUT2D eigenvalue weighted by Crippen LogP contribution is 2.26. The van der Waals surface area contributed by atoms with E-state index in [1.807, 2.05) is 42.7 Å². The average molecular weight is 463 g/mol. The zero-order valence-corrected chi connectivity index (χ0v) is 18.0. The Kier molecular flexibility index (Phi) is 6.85. The van der Waals surface area contributed by atoms with Crippen molar-refractivity contribution >= 4 is 33.6 Å². The largest absolute Gasteiger partial charge is 0.351 e. The van der Waals surface area contributed by atoms with Crippen LogP contribution in [0.3, 0.4) is 0 Å². The van der Waals surface area contributed by atoms with E-state index in [9.17, 15) is 9.18 Å². The number of hydrogen-bond acceptors (Lipinski definition) is 4.